The van der Waals surface area contributed by atoms with E-state index in [1.165, 1.54) is 18.0 Å². The monoisotopic (exact) mass is 396 g/mol. The largest absolute Gasteiger partial charge is 0.356 e. The molecule has 10 heteroatoms. The summed E-state index contributed by atoms with van der Waals surface area (Å²) in [5, 5.41) is 4.26. The molecule has 1 saturated heterocycles. The van der Waals surface area contributed by atoms with Gasteiger partial charge in [-0.05, 0) is 18.1 Å². The lowest BCUT2D eigenvalue weighted by Gasteiger charge is -2.17. The van der Waals surface area contributed by atoms with Crippen LogP contribution in [0, 0.1) is 0 Å². The van der Waals surface area contributed by atoms with Crippen molar-refractivity contribution >= 4 is 11.5 Å². The lowest BCUT2D eigenvalue weighted by molar-refractivity contribution is 0.145. The summed E-state index contributed by atoms with van der Waals surface area (Å²) in [4.78, 5) is 19.2. The first-order valence-electron chi connectivity index (χ1n) is 9.26. The van der Waals surface area contributed by atoms with Crippen molar-refractivity contribution in [3.63, 3.8) is 0 Å². The van der Waals surface area contributed by atoms with Crippen LogP contribution in [0.25, 0.3) is 17.2 Å². The van der Waals surface area contributed by atoms with Crippen molar-refractivity contribution in [1.82, 2.24) is 34.1 Å². The number of halogens is 2. The van der Waals surface area contributed by atoms with Crippen LogP contribution in [0.2, 0.25) is 0 Å². The highest BCUT2D eigenvalue weighted by atomic mass is 19.3. The molecule has 1 aliphatic rings. The topological polar surface area (TPSA) is 77.0 Å². The van der Waals surface area contributed by atoms with Gasteiger partial charge in [0.05, 0.1) is 18.6 Å². The molecule has 0 spiro atoms. The average Bonchev–Trinajstić information content (AvgIpc) is 3.46. The molecule has 8 nitrogen and oxygen atoms in total. The van der Waals surface area contributed by atoms with Crippen LogP contribution in [0.5, 0.6) is 0 Å². The zero-order chi connectivity index (χ0) is 20.0. The molecule has 148 valence electrons. The Balaban J connectivity index is 1.45. The summed E-state index contributed by atoms with van der Waals surface area (Å²) in [6.45, 7) is 1.72. The standard InChI is InChI=1S/C19H18F2N8/c1-27-9-13(6-25-27)12-3-5-28(10-12)16-2-4-22-19(26-16)15-7-24-17-8-23-14(18(20)21)11-29(15)17/h2,4,6-9,11-12,18H,3,5,10H2,1H3. The number of rotatable bonds is 4. The molecule has 0 amide bonds. The minimum Gasteiger partial charge on any atom is -0.356 e. The molecule has 1 fully saturated rings. The number of aromatic nitrogens is 7. The number of fused-ring (bicyclic) bond motifs is 1. The Morgan fingerprint density at radius 2 is 2.00 bits per heavy atom. The van der Waals surface area contributed by atoms with Gasteiger partial charge >= 0.3 is 0 Å². The van der Waals surface area contributed by atoms with E-state index in [0.717, 1.165) is 25.3 Å². The van der Waals surface area contributed by atoms with Crippen LogP contribution in [-0.2, 0) is 7.05 Å². The fraction of sp³-hybridized carbons (Fsp3) is 0.316. The number of alkyl halides is 2. The maximum absolute atomic E-state index is 13.0. The van der Waals surface area contributed by atoms with E-state index >= 15 is 0 Å². The first kappa shape index (κ1) is 17.7. The molecule has 5 heterocycles. The minimum absolute atomic E-state index is 0.313. The molecule has 1 atom stereocenters. The first-order chi connectivity index (χ1) is 14.1. The van der Waals surface area contributed by atoms with Gasteiger partial charge in [-0.25, -0.2) is 28.7 Å². The Kier molecular flexibility index (Phi) is 4.18. The molecular weight excluding hydrogens is 378 g/mol. The Morgan fingerprint density at radius 1 is 1.10 bits per heavy atom. The Morgan fingerprint density at radius 3 is 2.79 bits per heavy atom. The Labute approximate surface area is 164 Å². The molecule has 0 aliphatic carbocycles. The molecule has 1 aliphatic heterocycles. The molecule has 0 bridgehead atoms. The van der Waals surface area contributed by atoms with E-state index in [0.29, 0.717) is 23.1 Å². The molecule has 0 radical (unpaired) electrons. The molecule has 0 aromatic carbocycles. The molecule has 1 unspecified atom stereocenters. The zero-order valence-electron chi connectivity index (χ0n) is 15.7. The van der Waals surface area contributed by atoms with Crippen LogP contribution in [0.4, 0.5) is 14.6 Å². The minimum atomic E-state index is -2.66. The summed E-state index contributed by atoms with van der Waals surface area (Å²) >= 11 is 0. The van der Waals surface area contributed by atoms with Crippen LogP contribution in [0.3, 0.4) is 0 Å². The molecule has 0 N–H and O–H groups in total. The van der Waals surface area contributed by atoms with Crippen molar-refractivity contribution < 1.29 is 8.78 Å². The van der Waals surface area contributed by atoms with Gasteiger partial charge in [-0.3, -0.25) is 9.08 Å². The molecular formula is C19H18F2N8. The zero-order valence-corrected chi connectivity index (χ0v) is 15.7. The Bertz CT molecular complexity index is 1170. The van der Waals surface area contributed by atoms with E-state index in [-0.39, 0.29) is 5.69 Å². The number of imidazole rings is 1. The van der Waals surface area contributed by atoms with Crippen LogP contribution in [-0.4, -0.2) is 47.2 Å². The van der Waals surface area contributed by atoms with E-state index in [4.69, 9.17) is 0 Å². The van der Waals surface area contributed by atoms with Crippen LogP contribution < -0.4 is 4.90 Å². The number of hydrogen-bond acceptors (Lipinski definition) is 6. The maximum Gasteiger partial charge on any atom is 0.281 e. The number of nitrogens with zero attached hydrogens (tertiary/aromatic N) is 8. The van der Waals surface area contributed by atoms with Crippen LogP contribution >= 0.6 is 0 Å². The van der Waals surface area contributed by atoms with E-state index in [2.05, 4.69) is 29.9 Å². The summed E-state index contributed by atoms with van der Waals surface area (Å²) < 4.78 is 29.4. The third-order valence-electron chi connectivity index (χ3n) is 5.22. The second kappa shape index (κ2) is 6.87. The van der Waals surface area contributed by atoms with Gasteiger partial charge in [0, 0.05) is 44.6 Å². The molecule has 29 heavy (non-hydrogen) atoms. The lowest BCUT2D eigenvalue weighted by atomic mass is 10.0. The highest BCUT2D eigenvalue weighted by molar-refractivity contribution is 5.58. The van der Waals surface area contributed by atoms with Gasteiger partial charge in [0.25, 0.3) is 6.43 Å². The van der Waals surface area contributed by atoms with Crippen molar-refractivity contribution in [2.45, 2.75) is 18.8 Å². The molecule has 4 aromatic heterocycles. The molecule has 5 rings (SSSR count). The third-order valence-corrected chi connectivity index (χ3v) is 5.22. The van der Waals surface area contributed by atoms with Crippen molar-refractivity contribution in [2.75, 3.05) is 18.0 Å². The number of anilines is 1. The van der Waals surface area contributed by atoms with Gasteiger partial charge in [0.2, 0.25) is 0 Å². The summed E-state index contributed by atoms with van der Waals surface area (Å²) in [6, 6.07) is 1.87. The maximum atomic E-state index is 13.0. The first-order valence-corrected chi connectivity index (χ1v) is 9.26. The summed E-state index contributed by atoms with van der Waals surface area (Å²) in [5.74, 6) is 1.64. The van der Waals surface area contributed by atoms with Crippen LogP contribution in [0.15, 0.2) is 43.2 Å². The lowest BCUT2D eigenvalue weighted by Crippen LogP contribution is -2.20. The van der Waals surface area contributed by atoms with E-state index in [9.17, 15) is 8.78 Å². The predicted octanol–water partition coefficient (Wildman–Crippen LogP) is 2.85. The van der Waals surface area contributed by atoms with Gasteiger partial charge in [-0.2, -0.15) is 5.10 Å². The van der Waals surface area contributed by atoms with Crippen LogP contribution in [0.1, 0.15) is 30.0 Å². The third kappa shape index (κ3) is 3.20. The van der Waals surface area contributed by atoms with Crippen molar-refractivity contribution in [3.8, 4) is 11.5 Å². The Hall–Kier alpha value is -3.43. The van der Waals surface area contributed by atoms with Gasteiger partial charge < -0.3 is 4.90 Å². The van der Waals surface area contributed by atoms with Crippen molar-refractivity contribution in [2.24, 2.45) is 7.05 Å². The van der Waals surface area contributed by atoms with E-state index < -0.39 is 6.43 Å². The smallest absolute Gasteiger partial charge is 0.281 e. The van der Waals surface area contributed by atoms with Crippen molar-refractivity contribution in [3.05, 3.63) is 54.5 Å². The van der Waals surface area contributed by atoms with Gasteiger partial charge in [-0.15, -0.1) is 0 Å². The fourth-order valence-corrected chi connectivity index (χ4v) is 3.72. The molecule has 0 saturated carbocycles. The highest BCUT2D eigenvalue weighted by Gasteiger charge is 2.26. The number of aryl methyl sites for hydroxylation is 1. The van der Waals surface area contributed by atoms with E-state index in [1.54, 1.807) is 16.8 Å². The average molecular weight is 396 g/mol. The van der Waals surface area contributed by atoms with Crippen molar-refractivity contribution in [1.29, 1.82) is 0 Å². The van der Waals surface area contributed by atoms with Gasteiger partial charge in [0.15, 0.2) is 11.5 Å². The predicted molar refractivity (Wildman–Crippen MR) is 102 cm³/mol. The second-order valence-electron chi connectivity index (χ2n) is 7.10. The summed E-state index contributed by atoms with van der Waals surface area (Å²) in [5.41, 5.74) is 1.93. The second-order valence-corrected chi connectivity index (χ2v) is 7.10. The number of hydrogen-bond donors (Lipinski definition) is 0. The summed E-state index contributed by atoms with van der Waals surface area (Å²) in [7, 11) is 1.91. The highest BCUT2D eigenvalue weighted by Crippen LogP contribution is 2.30. The van der Waals surface area contributed by atoms with Gasteiger partial charge in [0.1, 0.15) is 17.2 Å². The normalized spacial score (nSPS) is 17.0. The SMILES string of the molecule is Cn1cc(C2CCN(c3ccnc(-c4cnc5cnc(C(F)F)cn45)n3)C2)cn1. The molecule has 4 aromatic rings. The summed E-state index contributed by atoms with van der Waals surface area (Å²) in [6.07, 6.45) is 8.19. The fourth-order valence-electron chi connectivity index (χ4n) is 3.72. The van der Waals surface area contributed by atoms with E-state index in [1.807, 2.05) is 30.2 Å². The van der Waals surface area contributed by atoms with Gasteiger partial charge in [-0.1, -0.05) is 0 Å². The quantitative estimate of drug-likeness (QED) is 0.528.